The second-order valence-corrected chi connectivity index (χ2v) is 3.13. The molecule has 0 aliphatic rings. The zero-order valence-electron chi connectivity index (χ0n) is 8.33. The van der Waals surface area contributed by atoms with Gasteiger partial charge in [0.1, 0.15) is 6.20 Å². The Morgan fingerprint density at radius 1 is 1.50 bits per heavy atom. The van der Waals surface area contributed by atoms with Gasteiger partial charge in [-0.2, -0.15) is 0 Å². The lowest BCUT2D eigenvalue weighted by Crippen LogP contribution is -2.07. The maximum absolute atomic E-state index is 10.4. The predicted octanol–water partition coefficient (Wildman–Crippen LogP) is 0.675. The minimum absolute atomic E-state index is 0.150. The summed E-state index contributed by atoms with van der Waals surface area (Å²) in [7, 11) is 0. The van der Waals surface area contributed by atoms with Crippen molar-refractivity contribution in [3.63, 3.8) is 0 Å². The van der Waals surface area contributed by atoms with Crippen molar-refractivity contribution < 1.29 is 9.91 Å². The first kappa shape index (κ1) is 10.1. The van der Waals surface area contributed by atoms with Gasteiger partial charge in [0.05, 0.1) is 6.67 Å². The van der Waals surface area contributed by atoms with Crippen LogP contribution in [0.25, 0.3) is 0 Å². The van der Waals surface area contributed by atoms with Crippen LogP contribution >= 0.6 is 0 Å². The fourth-order valence-corrected chi connectivity index (χ4v) is 1.22. The van der Waals surface area contributed by atoms with E-state index in [4.69, 9.17) is 0 Å². The number of nitro groups is 1. The number of anilines is 1. The van der Waals surface area contributed by atoms with Crippen LogP contribution in [0.4, 0.5) is 11.5 Å². The van der Waals surface area contributed by atoms with Crippen LogP contribution in [-0.4, -0.2) is 14.5 Å². The fourth-order valence-electron chi connectivity index (χ4n) is 1.22. The number of H-pyrrole nitrogens is 1. The highest BCUT2D eigenvalue weighted by molar-refractivity contribution is 5.38. The smallest absolute Gasteiger partial charge is 0.367 e. The monoisotopic (exact) mass is 220 g/mol. The van der Waals surface area contributed by atoms with Gasteiger partial charge in [-0.15, -0.1) is 0 Å². The van der Waals surface area contributed by atoms with Gasteiger partial charge < -0.3 is 15.4 Å². The Kier molecular flexibility index (Phi) is 2.77. The average Bonchev–Trinajstić information content (AvgIpc) is 2.76. The van der Waals surface area contributed by atoms with Crippen LogP contribution in [0.3, 0.4) is 0 Å². The number of pyridine rings is 1. The first-order valence-corrected chi connectivity index (χ1v) is 4.62. The molecule has 7 nitrogen and oxygen atoms in total. The van der Waals surface area contributed by atoms with Crippen LogP contribution < -0.4 is 10.3 Å². The van der Waals surface area contributed by atoms with Gasteiger partial charge in [-0.05, 0) is 9.91 Å². The number of rotatable bonds is 4. The van der Waals surface area contributed by atoms with Crippen LogP contribution in [0.5, 0.6) is 0 Å². The van der Waals surface area contributed by atoms with E-state index in [0.29, 0.717) is 6.67 Å². The van der Waals surface area contributed by atoms with Gasteiger partial charge in [0.2, 0.25) is 6.33 Å². The van der Waals surface area contributed by atoms with E-state index in [9.17, 15) is 10.1 Å². The molecule has 0 aliphatic carbocycles. The average molecular weight is 220 g/mol. The van der Waals surface area contributed by atoms with Crippen molar-refractivity contribution in [2.45, 2.75) is 6.67 Å². The van der Waals surface area contributed by atoms with Crippen LogP contribution in [0.1, 0.15) is 0 Å². The molecular formula is C9H10N5O2+. The standard InChI is InChI=1S/C9H9N5O2/c15-14(16)9-5-13(7-12-9)6-11-8-1-3-10-4-2-8/h1-5,7H,6H2,(H,10,11)/p+1. The maximum Gasteiger partial charge on any atom is 0.381 e. The van der Waals surface area contributed by atoms with Gasteiger partial charge in [-0.1, -0.05) is 0 Å². The molecule has 0 radical (unpaired) electrons. The molecule has 2 aromatic rings. The Balaban J connectivity index is 1.97. The number of hydrogen-bond acceptors (Lipinski definition) is 4. The predicted molar refractivity (Wildman–Crippen MR) is 55.5 cm³/mol. The molecule has 2 aromatic heterocycles. The molecule has 0 amide bonds. The minimum Gasteiger partial charge on any atom is -0.367 e. The molecule has 82 valence electrons. The van der Waals surface area contributed by atoms with Crippen LogP contribution in [0.2, 0.25) is 0 Å². The van der Waals surface area contributed by atoms with Crippen molar-refractivity contribution in [3.05, 3.63) is 47.2 Å². The first-order chi connectivity index (χ1) is 7.75. The van der Waals surface area contributed by atoms with E-state index >= 15 is 0 Å². The van der Waals surface area contributed by atoms with E-state index < -0.39 is 4.92 Å². The normalized spacial score (nSPS) is 10.0. The lowest BCUT2D eigenvalue weighted by molar-refractivity contribution is -0.389. The molecular weight excluding hydrogens is 210 g/mol. The summed E-state index contributed by atoms with van der Waals surface area (Å²) in [6.07, 6.45) is 6.37. The maximum atomic E-state index is 10.4. The van der Waals surface area contributed by atoms with E-state index in [1.807, 2.05) is 12.1 Å². The number of imidazole rings is 1. The summed E-state index contributed by atoms with van der Waals surface area (Å²) in [6, 6.07) is 3.73. The van der Waals surface area contributed by atoms with Gasteiger partial charge in [0, 0.05) is 17.8 Å². The molecule has 0 unspecified atom stereocenters. The molecule has 0 aliphatic heterocycles. The van der Waals surface area contributed by atoms with Crippen LogP contribution in [-0.2, 0) is 6.67 Å². The van der Waals surface area contributed by atoms with Crippen molar-refractivity contribution in [2.24, 2.45) is 0 Å². The highest BCUT2D eigenvalue weighted by Gasteiger charge is 2.08. The van der Waals surface area contributed by atoms with E-state index in [1.165, 1.54) is 12.5 Å². The number of hydrogen-bond donors (Lipinski definition) is 1. The molecule has 0 atom stereocenters. The number of aromatic nitrogens is 3. The van der Waals surface area contributed by atoms with Crippen molar-refractivity contribution in [2.75, 3.05) is 5.32 Å². The SMILES string of the molecule is O=[N+]([O-])c1cn(CNc2cc[nH+]cc2)cn1. The Bertz CT molecular complexity index is 482. The highest BCUT2D eigenvalue weighted by Crippen LogP contribution is 2.07. The Morgan fingerprint density at radius 2 is 2.25 bits per heavy atom. The van der Waals surface area contributed by atoms with Crippen molar-refractivity contribution in [1.29, 1.82) is 0 Å². The van der Waals surface area contributed by atoms with E-state index in [0.717, 1.165) is 5.69 Å². The third kappa shape index (κ3) is 2.32. The third-order valence-electron chi connectivity index (χ3n) is 1.99. The first-order valence-electron chi connectivity index (χ1n) is 4.62. The lowest BCUT2D eigenvalue weighted by atomic mass is 10.4. The Morgan fingerprint density at radius 3 is 2.88 bits per heavy atom. The van der Waals surface area contributed by atoms with Crippen molar-refractivity contribution >= 4 is 11.5 Å². The molecule has 2 N–H and O–H groups in total. The Labute approximate surface area is 90.9 Å². The van der Waals surface area contributed by atoms with Gasteiger partial charge in [-0.25, -0.2) is 4.98 Å². The summed E-state index contributed by atoms with van der Waals surface area (Å²) >= 11 is 0. The topological polar surface area (TPSA) is 87.1 Å². The Hall–Kier alpha value is -2.44. The summed E-state index contributed by atoms with van der Waals surface area (Å²) in [6.45, 7) is 0.435. The van der Waals surface area contributed by atoms with Crippen LogP contribution in [0, 0.1) is 10.1 Å². The molecule has 0 saturated carbocycles. The summed E-state index contributed by atoms with van der Waals surface area (Å²) in [5, 5.41) is 13.5. The van der Waals surface area contributed by atoms with Gasteiger partial charge in [-0.3, -0.25) is 4.57 Å². The second-order valence-electron chi connectivity index (χ2n) is 3.13. The van der Waals surface area contributed by atoms with Gasteiger partial charge in [0.25, 0.3) is 0 Å². The van der Waals surface area contributed by atoms with Gasteiger partial charge >= 0.3 is 5.82 Å². The van der Waals surface area contributed by atoms with Crippen LogP contribution in [0.15, 0.2) is 37.1 Å². The van der Waals surface area contributed by atoms with E-state index in [-0.39, 0.29) is 5.82 Å². The van der Waals surface area contributed by atoms with E-state index in [1.54, 1.807) is 17.0 Å². The molecule has 0 aromatic carbocycles. The summed E-state index contributed by atoms with van der Waals surface area (Å²) < 4.78 is 1.61. The summed E-state index contributed by atoms with van der Waals surface area (Å²) in [4.78, 5) is 16.4. The molecule has 16 heavy (non-hydrogen) atoms. The number of nitrogens with zero attached hydrogens (tertiary/aromatic N) is 3. The minimum atomic E-state index is -0.520. The van der Waals surface area contributed by atoms with Crippen molar-refractivity contribution in [3.8, 4) is 0 Å². The van der Waals surface area contributed by atoms with Crippen molar-refractivity contribution in [1.82, 2.24) is 9.55 Å². The highest BCUT2D eigenvalue weighted by atomic mass is 16.6. The molecule has 2 rings (SSSR count). The molecule has 0 bridgehead atoms. The molecule has 2 heterocycles. The largest absolute Gasteiger partial charge is 0.381 e. The second kappa shape index (κ2) is 4.39. The number of nitrogens with one attached hydrogen (secondary N) is 2. The summed E-state index contributed by atoms with van der Waals surface area (Å²) in [5.41, 5.74) is 0.926. The zero-order chi connectivity index (χ0) is 11.4. The molecule has 7 heteroatoms. The molecule has 0 saturated heterocycles. The quantitative estimate of drug-likeness (QED) is 0.606. The fraction of sp³-hybridized carbons (Fsp3) is 0.111. The van der Waals surface area contributed by atoms with Gasteiger partial charge in [0.15, 0.2) is 12.4 Å². The molecule has 0 spiro atoms. The third-order valence-corrected chi connectivity index (χ3v) is 1.99. The lowest BCUT2D eigenvalue weighted by Gasteiger charge is -2.03. The summed E-state index contributed by atoms with van der Waals surface area (Å²) in [5.74, 6) is -0.150. The molecule has 0 fully saturated rings. The zero-order valence-corrected chi connectivity index (χ0v) is 8.33. The number of aromatic amines is 1. The van der Waals surface area contributed by atoms with E-state index in [2.05, 4.69) is 15.3 Å².